The van der Waals surface area contributed by atoms with Crippen molar-refractivity contribution in [1.82, 2.24) is 0 Å². The lowest BCUT2D eigenvalue weighted by Crippen LogP contribution is -2.29. The minimum Gasteiger partial charge on any atom is -0.329 e. The molecule has 0 bridgehead atoms. The maximum atomic E-state index is 8.06. The van der Waals surface area contributed by atoms with Crippen LogP contribution in [0.15, 0.2) is 0 Å². The van der Waals surface area contributed by atoms with Crippen LogP contribution >= 0.6 is 0 Å². The Balaban J connectivity index is 3.01. The second kappa shape index (κ2) is 4.57. The van der Waals surface area contributed by atoms with E-state index < -0.39 is 0 Å². The third-order valence-electron chi connectivity index (χ3n) is 0.930. The van der Waals surface area contributed by atoms with Gasteiger partial charge in [-0.15, -0.1) is 0 Å². The lowest BCUT2D eigenvalue weighted by Gasteiger charge is -2.02. The molecule has 0 heterocycles. The maximum absolute atomic E-state index is 8.06. The number of nitriles is 1. The summed E-state index contributed by atoms with van der Waals surface area (Å²) in [6.45, 7) is 0.474. The molecule has 8 heavy (non-hydrogen) atoms. The first-order valence-electron chi connectivity index (χ1n) is 2.64. The second-order valence-electron chi connectivity index (χ2n) is 1.69. The summed E-state index contributed by atoms with van der Waals surface area (Å²) in [5.74, 6) is 0. The van der Waals surface area contributed by atoms with Crippen molar-refractivity contribution >= 4 is 0 Å². The third kappa shape index (κ3) is 3.59. The lowest BCUT2D eigenvalue weighted by molar-refractivity contribution is 0.633. The molecule has 1 unspecified atom stereocenters. The van der Waals surface area contributed by atoms with Crippen molar-refractivity contribution in [2.24, 2.45) is 11.5 Å². The summed E-state index contributed by atoms with van der Waals surface area (Å²) in [6, 6.07) is 2.01. The van der Waals surface area contributed by atoms with Crippen molar-refractivity contribution in [3.05, 3.63) is 0 Å². The Labute approximate surface area is 49.3 Å². The Morgan fingerprint density at radius 3 is 2.62 bits per heavy atom. The Morgan fingerprint density at radius 1 is 1.62 bits per heavy atom. The standard InChI is InChI=1S/C5H11N3/c6-3-1-2-5(8)4-7/h5H,1-2,4,7-8H2. The van der Waals surface area contributed by atoms with Gasteiger partial charge in [-0.2, -0.15) is 5.26 Å². The molecular formula is C5H11N3. The molecule has 0 aromatic rings. The highest BCUT2D eigenvalue weighted by molar-refractivity contribution is 4.73. The summed E-state index contributed by atoms with van der Waals surface area (Å²) >= 11 is 0. The zero-order valence-electron chi connectivity index (χ0n) is 4.80. The molecule has 0 saturated carbocycles. The molecule has 3 nitrogen and oxygen atoms in total. The van der Waals surface area contributed by atoms with Crippen molar-refractivity contribution in [3.63, 3.8) is 0 Å². The summed E-state index contributed by atoms with van der Waals surface area (Å²) in [5, 5.41) is 8.06. The van der Waals surface area contributed by atoms with Crippen LogP contribution in [0, 0.1) is 11.3 Å². The van der Waals surface area contributed by atoms with Crippen LogP contribution in [-0.2, 0) is 0 Å². The molecule has 1 atom stereocenters. The molecule has 46 valence electrons. The highest BCUT2D eigenvalue weighted by Gasteiger charge is 1.95. The number of hydrogen-bond donors (Lipinski definition) is 2. The molecule has 0 saturated heterocycles. The van der Waals surface area contributed by atoms with Gasteiger partial charge in [0.25, 0.3) is 0 Å². The van der Waals surface area contributed by atoms with Crippen LogP contribution in [0.4, 0.5) is 0 Å². The summed E-state index contributed by atoms with van der Waals surface area (Å²) in [4.78, 5) is 0. The molecule has 3 heteroatoms. The monoisotopic (exact) mass is 113 g/mol. The van der Waals surface area contributed by atoms with Crippen molar-refractivity contribution in [2.75, 3.05) is 6.54 Å². The molecule has 0 spiro atoms. The molecule has 4 N–H and O–H groups in total. The smallest absolute Gasteiger partial charge is 0.0622 e. The summed E-state index contributed by atoms with van der Waals surface area (Å²) < 4.78 is 0. The molecule has 0 radical (unpaired) electrons. The second-order valence-corrected chi connectivity index (χ2v) is 1.69. The average molecular weight is 113 g/mol. The van der Waals surface area contributed by atoms with E-state index in [1.165, 1.54) is 0 Å². The van der Waals surface area contributed by atoms with Gasteiger partial charge in [0.15, 0.2) is 0 Å². The van der Waals surface area contributed by atoms with E-state index in [0.717, 1.165) is 0 Å². The van der Waals surface area contributed by atoms with Crippen LogP contribution < -0.4 is 11.5 Å². The van der Waals surface area contributed by atoms with Gasteiger partial charge in [0, 0.05) is 19.0 Å². The fourth-order valence-electron chi connectivity index (χ4n) is 0.368. The topological polar surface area (TPSA) is 75.8 Å². The molecule has 0 aliphatic rings. The van der Waals surface area contributed by atoms with Gasteiger partial charge in [-0.3, -0.25) is 0 Å². The van der Waals surface area contributed by atoms with Gasteiger partial charge in [0.1, 0.15) is 0 Å². The Hall–Kier alpha value is -0.590. The van der Waals surface area contributed by atoms with Gasteiger partial charge in [0.05, 0.1) is 6.07 Å². The van der Waals surface area contributed by atoms with E-state index in [0.29, 0.717) is 19.4 Å². The Bertz CT molecular complexity index is 84.2. The summed E-state index contributed by atoms with van der Waals surface area (Å²) in [7, 11) is 0. The number of hydrogen-bond acceptors (Lipinski definition) is 3. The highest BCUT2D eigenvalue weighted by atomic mass is 14.7. The molecule has 0 aromatic carbocycles. The first-order chi connectivity index (χ1) is 3.81. The first-order valence-corrected chi connectivity index (χ1v) is 2.64. The van der Waals surface area contributed by atoms with E-state index in [2.05, 4.69) is 0 Å². The lowest BCUT2D eigenvalue weighted by atomic mass is 10.2. The van der Waals surface area contributed by atoms with Crippen LogP contribution in [0.3, 0.4) is 0 Å². The van der Waals surface area contributed by atoms with Crippen molar-refractivity contribution in [1.29, 1.82) is 5.26 Å². The van der Waals surface area contributed by atoms with Gasteiger partial charge in [0.2, 0.25) is 0 Å². The normalized spacial score (nSPS) is 12.6. The van der Waals surface area contributed by atoms with E-state index in [9.17, 15) is 0 Å². The molecule has 0 rings (SSSR count). The van der Waals surface area contributed by atoms with Gasteiger partial charge in [-0.25, -0.2) is 0 Å². The fourth-order valence-corrected chi connectivity index (χ4v) is 0.368. The van der Waals surface area contributed by atoms with Gasteiger partial charge >= 0.3 is 0 Å². The molecule has 0 aliphatic carbocycles. The summed E-state index contributed by atoms with van der Waals surface area (Å²) in [6.07, 6.45) is 1.23. The molecule has 0 aliphatic heterocycles. The molecule has 0 fully saturated rings. The Morgan fingerprint density at radius 2 is 2.25 bits per heavy atom. The van der Waals surface area contributed by atoms with Gasteiger partial charge in [-0.05, 0) is 6.42 Å². The zero-order chi connectivity index (χ0) is 6.41. The van der Waals surface area contributed by atoms with Crippen LogP contribution in [0.5, 0.6) is 0 Å². The van der Waals surface area contributed by atoms with E-state index in [4.69, 9.17) is 16.7 Å². The van der Waals surface area contributed by atoms with Gasteiger partial charge < -0.3 is 11.5 Å². The summed E-state index contributed by atoms with van der Waals surface area (Å²) in [5.41, 5.74) is 10.6. The maximum Gasteiger partial charge on any atom is 0.0622 e. The minimum atomic E-state index is 0.00894. The minimum absolute atomic E-state index is 0.00894. The van der Waals surface area contributed by atoms with E-state index in [1.54, 1.807) is 0 Å². The Kier molecular flexibility index (Phi) is 4.23. The van der Waals surface area contributed by atoms with Crippen LogP contribution in [-0.4, -0.2) is 12.6 Å². The fraction of sp³-hybridized carbons (Fsp3) is 0.800. The van der Waals surface area contributed by atoms with E-state index in [1.807, 2.05) is 6.07 Å². The third-order valence-corrected chi connectivity index (χ3v) is 0.930. The number of nitrogens with two attached hydrogens (primary N) is 2. The number of rotatable bonds is 3. The average Bonchev–Trinajstić information content (AvgIpc) is 1.83. The predicted octanol–water partition coefficient (Wildman–Crippen LogP) is -0.424. The van der Waals surface area contributed by atoms with Crippen molar-refractivity contribution in [2.45, 2.75) is 18.9 Å². The number of nitrogens with zero attached hydrogens (tertiary/aromatic N) is 1. The molecule has 0 amide bonds. The quantitative estimate of drug-likeness (QED) is 0.521. The zero-order valence-corrected chi connectivity index (χ0v) is 4.80. The van der Waals surface area contributed by atoms with Crippen molar-refractivity contribution in [3.8, 4) is 6.07 Å². The van der Waals surface area contributed by atoms with E-state index in [-0.39, 0.29) is 6.04 Å². The highest BCUT2D eigenvalue weighted by Crippen LogP contribution is 1.88. The van der Waals surface area contributed by atoms with Crippen molar-refractivity contribution < 1.29 is 0 Å². The molecule has 0 aromatic heterocycles. The SMILES string of the molecule is N#CCCC(N)CN. The van der Waals surface area contributed by atoms with Gasteiger partial charge in [-0.1, -0.05) is 0 Å². The first kappa shape index (κ1) is 7.41. The van der Waals surface area contributed by atoms with Crippen LogP contribution in [0.2, 0.25) is 0 Å². The van der Waals surface area contributed by atoms with Crippen LogP contribution in [0.25, 0.3) is 0 Å². The van der Waals surface area contributed by atoms with E-state index >= 15 is 0 Å². The predicted molar refractivity (Wildman–Crippen MR) is 31.9 cm³/mol. The van der Waals surface area contributed by atoms with Crippen LogP contribution in [0.1, 0.15) is 12.8 Å². The molecular weight excluding hydrogens is 102 g/mol. The largest absolute Gasteiger partial charge is 0.329 e.